The maximum Gasteiger partial charge on any atom is 0.261 e. The number of nitrogens with one attached hydrogen (secondary N) is 1. The van der Waals surface area contributed by atoms with E-state index in [0.29, 0.717) is 30.7 Å². The molecule has 3 amide bonds. The third-order valence-electron chi connectivity index (χ3n) is 5.21. The van der Waals surface area contributed by atoms with Crippen molar-refractivity contribution in [1.82, 2.24) is 10.2 Å². The van der Waals surface area contributed by atoms with Crippen LogP contribution in [0.3, 0.4) is 0 Å². The van der Waals surface area contributed by atoms with Crippen LogP contribution in [0.2, 0.25) is 0 Å². The van der Waals surface area contributed by atoms with E-state index in [9.17, 15) is 14.4 Å². The number of imide groups is 1. The standard InChI is InChI=1S/C23H26N2O4/c1-14-6-7-15(2)19(12-14)16(3)24-21(26)17-8-9-18-20(13-17)23(28)25(22(18)27)10-5-11-29-4/h6-9,12-13,16H,5,10-11H2,1-4H3,(H,24,26). The van der Waals surface area contributed by atoms with E-state index in [1.54, 1.807) is 19.2 Å². The van der Waals surface area contributed by atoms with Crippen molar-refractivity contribution < 1.29 is 19.1 Å². The molecule has 6 heteroatoms. The number of aryl methyl sites for hydroxylation is 2. The van der Waals surface area contributed by atoms with Crippen LogP contribution in [0.15, 0.2) is 36.4 Å². The molecule has 1 unspecified atom stereocenters. The Morgan fingerprint density at radius 3 is 2.52 bits per heavy atom. The van der Waals surface area contributed by atoms with Crippen molar-refractivity contribution in [3.63, 3.8) is 0 Å². The summed E-state index contributed by atoms with van der Waals surface area (Å²) in [6.45, 7) is 6.72. The molecule has 2 aromatic carbocycles. The zero-order valence-electron chi connectivity index (χ0n) is 17.2. The minimum Gasteiger partial charge on any atom is -0.385 e. The molecule has 3 rings (SSSR count). The monoisotopic (exact) mass is 394 g/mol. The van der Waals surface area contributed by atoms with Crippen molar-refractivity contribution in [3.8, 4) is 0 Å². The van der Waals surface area contributed by atoms with Gasteiger partial charge in [0.1, 0.15) is 0 Å². The van der Waals surface area contributed by atoms with E-state index in [0.717, 1.165) is 16.7 Å². The fraction of sp³-hybridized carbons (Fsp3) is 0.348. The summed E-state index contributed by atoms with van der Waals surface area (Å²) in [4.78, 5) is 39.1. The van der Waals surface area contributed by atoms with Crippen LogP contribution >= 0.6 is 0 Å². The second-order valence-corrected chi connectivity index (χ2v) is 7.42. The molecule has 1 aliphatic heterocycles. The number of benzene rings is 2. The van der Waals surface area contributed by atoms with Gasteiger partial charge in [-0.3, -0.25) is 19.3 Å². The van der Waals surface area contributed by atoms with Crippen LogP contribution < -0.4 is 5.32 Å². The molecule has 0 radical (unpaired) electrons. The zero-order valence-corrected chi connectivity index (χ0v) is 17.2. The molecule has 0 bridgehead atoms. The summed E-state index contributed by atoms with van der Waals surface area (Å²) in [6.07, 6.45) is 0.572. The number of carbonyl (C=O) groups excluding carboxylic acids is 3. The number of fused-ring (bicyclic) bond motifs is 1. The van der Waals surface area contributed by atoms with E-state index in [4.69, 9.17) is 4.74 Å². The molecule has 0 aliphatic carbocycles. The maximum absolute atomic E-state index is 12.8. The van der Waals surface area contributed by atoms with Crippen molar-refractivity contribution in [2.45, 2.75) is 33.2 Å². The number of amides is 3. The highest BCUT2D eigenvalue weighted by Crippen LogP contribution is 2.25. The number of hydrogen-bond acceptors (Lipinski definition) is 4. The van der Waals surface area contributed by atoms with Crippen LogP contribution in [-0.2, 0) is 4.74 Å². The second-order valence-electron chi connectivity index (χ2n) is 7.42. The molecular formula is C23H26N2O4. The predicted molar refractivity (Wildman–Crippen MR) is 110 cm³/mol. The second kappa shape index (κ2) is 8.57. The third-order valence-corrected chi connectivity index (χ3v) is 5.21. The fourth-order valence-electron chi connectivity index (χ4n) is 3.59. The van der Waals surface area contributed by atoms with Crippen LogP contribution in [0.4, 0.5) is 0 Å². The average Bonchev–Trinajstić information content (AvgIpc) is 2.94. The largest absolute Gasteiger partial charge is 0.385 e. The molecule has 152 valence electrons. The summed E-state index contributed by atoms with van der Waals surface area (Å²) in [5, 5.41) is 2.99. The molecule has 0 fully saturated rings. The average molecular weight is 394 g/mol. The molecule has 6 nitrogen and oxygen atoms in total. The van der Waals surface area contributed by atoms with Gasteiger partial charge in [0.15, 0.2) is 0 Å². The molecule has 0 aromatic heterocycles. The molecule has 1 heterocycles. The predicted octanol–water partition coefficient (Wildman–Crippen LogP) is 3.43. The van der Waals surface area contributed by atoms with Crippen molar-refractivity contribution in [1.29, 1.82) is 0 Å². The van der Waals surface area contributed by atoms with Gasteiger partial charge in [0, 0.05) is 25.8 Å². The van der Waals surface area contributed by atoms with E-state index in [2.05, 4.69) is 11.4 Å². The smallest absolute Gasteiger partial charge is 0.261 e. The van der Waals surface area contributed by atoms with Crippen LogP contribution in [0, 0.1) is 13.8 Å². The van der Waals surface area contributed by atoms with Gasteiger partial charge in [0.25, 0.3) is 17.7 Å². The van der Waals surface area contributed by atoms with Crippen LogP contribution in [-0.4, -0.2) is 42.9 Å². The molecule has 0 spiro atoms. The van der Waals surface area contributed by atoms with E-state index in [1.165, 1.54) is 11.0 Å². The van der Waals surface area contributed by atoms with Gasteiger partial charge in [-0.25, -0.2) is 0 Å². The Morgan fingerprint density at radius 1 is 1.07 bits per heavy atom. The Labute approximate surface area is 170 Å². The lowest BCUT2D eigenvalue weighted by Crippen LogP contribution is -2.31. The lowest BCUT2D eigenvalue weighted by atomic mass is 9.99. The Balaban J connectivity index is 1.77. The minimum atomic E-state index is -0.363. The molecule has 0 saturated carbocycles. The Bertz CT molecular complexity index is 967. The van der Waals surface area contributed by atoms with E-state index in [1.807, 2.05) is 32.9 Å². The first-order chi connectivity index (χ1) is 13.8. The molecule has 1 atom stereocenters. The van der Waals surface area contributed by atoms with E-state index >= 15 is 0 Å². The molecule has 0 saturated heterocycles. The van der Waals surface area contributed by atoms with Gasteiger partial charge in [0.05, 0.1) is 17.2 Å². The lowest BCUT2D eigenvalue weighted by Gasteiger charge is -2.17. The Morgan fingerprint density at radius 2 is 1.79 bits per heavy atom. The third kappa shape index (κ3) is 4.22. The maximum atomic E-state index is 12.8. The summed E-state index contributed by atoms with van der Waals surface area (Å²) in [6, 6.07) is 10.6. The fourth-order valence-corrected chi connectivity index (χ4v) is 3.59. The highest BCUT2D eigenvalue weighted by molar-refractivity contribution is 6.22. The van der Waals surface area contributed by atoms with Crippen LogP contribution in [0.5, 0.6) is 0 Å². The number of rotatable bonds is 7. The van der Waals surface area contributed by atoms with Gasteiger partial charge in [-0.15, -0.1) is 0 Å². The highest BCUT2D eigenvalue weighted by Gasteiger charge is 2.35. The van der Waals surface area contributed by atoms with Gasteiger partial charge in [-0.2, -0.15) is 0 Å². The molecule has 2 aromatic rings. The minimum absolute atomic E-state index is 0.182. The van der Waals surface area contributed by atoms with Gasteiger partial charge in [-0.1, -0.05) is 23.8 Å². The topological polar surface area (TPSA) is 75.7 Å². The molecule has 1 N–H and O–H groups in total. The van der Waals surface area contributed by atoms with Crippen LogP contribution in [0.1, 0.15) is 67.2 Å². The van der Waals surface area contributed by atoms with E-state index in [-0.39, 0.29) is 29.3 Å². The summed E-state index contributed by atoms with van der Waals surface area (Å²) < 4.78 is 4.99. The summed E-state index contributed by atoms with van der Waals surface area (Å²) >= 11 is 0. The summed E-state index contributed by atoms with van der Waals surface area (Å²) in [7, 11) is 1.58. The van der Waals surface area contributed by atoms with Gasteiger partial charge < -0.3 is 10.1 Å². The molecule has 29 heavy (non-hydrogen) atoms. The van der Waals surface area contributed by atoms with Crippen molar-refractivity contribution in [2.24, 2.45) is 0 Å². The number of carbonyl (C=O) groups is 3. The summed E-state index contributed by atoms with van der Waals surface area (Å²) in [5.41, 5.74) is 4.26. The molecule has 1 aliphatic rings. The summed E-state index contributed by atoms with van der Waals surface area (Å²) in [5.74, 6) is -0.963. The van der Waals surface area contributed by atoms with E-state index < -0.39 is 0 Å². The highest BCUT2D eigenvalue weighted by atomic mass is 16.5. The number of nitrogens with zero attached hydrogens (tertiary/aromatic N) is 1. The van der Waals surface area contributed by atoms with Gasteiger partial charge >= 0.3 is 0 Å². The van der Waals surface area contributed by atoms with Gasteiger partial charge in [0.2, 0.25) is 0 Å². The van der Waals surface area contributed by atoms with Gasteiger partial charge in [-0.05, 0) is 56.5 Å². The van der Waals surface area contributed by atoms with Crippen molar-refractivity contribution >= 4 is 17.7 Å². The first-order valence-corrected chi connectivity index (χ1v) is 9.70. The Hall–Kier alpha value is -2.99. The number of methoxy groups -OCH3 is 1. The number of hydrogen-bond donors (Lipinski definition) is 1. The Kier molecular flexibility index (Phi) is 6.13. The number of ether oxygens (including phenoxy) is 1. The first kappa shape index (κ1) is 20.7. The first-order valence-electron chi connectivity index (χ1n) is 9.70. The SMILES string of the molecule is COCCCN1C(=O)c2ccc(C(=O)NC(C)c3cc(C)ccc3C)cc2C1=O. The quantitative estimate of drug-likeness (QED) is 0.577. The van der Waals surface area contributed by atoms with Crippen molar-refractivity contribution in [3.05, 3.63) is 69.8 Å². The lowest BCUT2D eigenvalue weighted by molar-refractivity contribution is 0.0638. The van der Waals surface area contributed by atoms with Crippen molar-refractivity contribution in [2.75, 3.05) is 20.3 Å². The normalized spacial score (nSPS) is 14.1. The zero-order chi connectivity index (χ0) is 21.1. The van der Waals surface area contributed by atoms with Crippen LogP contribution in [0.25, 0.3) is 0 Å². The molecular weight excluding hydrogens is 368 g/mol.